The second kappa shape index (κ2) is 9.85. The Morgan fingerprint density at radius 1 is 0.973 bits per heavy atom. The molecule has 1 fully saturated rings. The zero-order valence-electron chi connectivity index (χ0n) is 19.9. The Morgan fingerprint density at radius 3 is 2.70 bits per heavy atom. The van der Waals surface area contributed by atoms with E-state index in [9.17, 15) is 4.79 Å². The number of alkyl halides is 1. The number of piperidine rings is 1. The molecule has 1 aliphatic rings. The van der Waals surface area contributed by atoms with Crippen LogP contribution in [0.3, 0.4) is 0 Å². The standard InChI is InChI=1S/C28H24FN5O3/c29-21-17-33(28(35)36-18-19-7-2-1-3-8-19)16-14-23(21)37-24-10-6-9-20-12-13-22(30-26(20)24)27-32-31-25-11-4-5-15-34(25)27/h1-13,15,21,23H,14,16-18H2/t21-,23+/m1/s1. The van der Waals surface area contributed by atoms with Gasteiger partial charge in [-0.15, -0.1) is 10.2 Å². The summed E-state index contributed by atoms with van der Waals surface area (Å²) in [6.07, 6.45) is -0.375. The average Bonchev–Trinajstić information content (AvgIpc) is 3.37. The van der Waals surface area contributed by atoms with Crippen molar-refractivity contribution in [3.8, 4) is 17.3 Å². The van der Waals surface area contributed by atoms with Gasteiger partial charge in [-0.25, -0.2) is 14.2 Å². The van der Waals surface area contributed by atoms with Crippen molar-refractivity contribution in [1.82, 2.24) is 24.5 Å². The molecule has 4 heterocycles. The van der Waals surface area contributed by atoms with Crippen molar-refractivity contribution < 1.29 is 18.7 Å². The number of benzene rings is 2. The van der Waals surface area contributed by atoms with Crippen molar-refractivity contribution in [2.75, 3.05) is 13.1 Å². The smallest absolute Gasteiger partial charge is 0.410 e. The van der Waals surface area contributed by atoms with Crippen molar-refractivity contribution in [1.29, 1.82) is 0 Å². The number of fused-ring (bicyclic) bond motifs is 2. The number of amides is 1. The summed E-state index contributed by atoms with van der Waals surface area (Å²) >= 11 is 0. The maximum Gasteiger partial charge on any atom is 0.410 e. The average molecular weight is 498 g/mol. The maximum absolute atomic E-state index is 15.2. The summed E-state index contributed by atoms with van der Waals surface area (Å²) in [6.45, 7) is 0.403. The third kappa shape index (κ3) is 4.67. The largest absolute Gasteiger partial charge is 0.485 e. The van der Waals surface area contributed by atoms with Crippen LogP contribution >= 0.6 is 0 Å². The third-order valence-electron chi connectivity index (χ3n) is 6.45. The first-order valence-electron chi connectivity index (χ1n) is 12.1. The Bertz CT molecular complexity index is 1560. The highest BCUT2D eigenvalue weighted by Crippen LogP contribution is 2.30. The molecule has 2 aromatic carbocycles. The van der Waals surface area contributed by atoms with Gasteiger partial charge in [0.05, 0.1) is 6.54 Å². The minimum atomic E-state index is -1.36. The number of carbonyl (C=O) groups is 1. The molecule has 0 spiro atoms. The molecular formula is C28H24FN5O3. The van der Waals surface area contributed by atoms with E-state index in [-0.39, 0.29) is 13.2 Å². The van der Waals surface area contributed by atoms with Crippen LogP contribution in [0.25, 0.3) is 28.1 Å². The molecule has 0 saturated carbocycles. The lowest BCUT2D eigenvalue weighted by Crippen LogP contribution is -2.49. The molecule has 6 rings (SSSR count). The number of rotatable bonds is 5. The van der Waals surface area contributed by atoms with Crippen LogP contribution in [0, 0.1) is 0 Å². The van der Waals surface area contributed by atoms with Crippen LogP contribution in [-0.4, -0.2) is 55.9 Å². The van der Waals surface area contributed by atoms with Gasteiger partial charge in [-0.2, -0.15) is 0 Å². The fourth-order valence-electron chi connectivity index (χ4n) is 4.51. The molecule has 3 aromatic heterocycles. The monoisotopic (exact) mass is 497 g/mol. The van der Waals surface area contributed by atoms with E-state index < -0.39 is 18.4 Å². The molecule has 2 atom stereocenters. The highest BCUT2D eigenvalue weighted by atomic mass is 19.1. The molecule has 9 heteroatoms. The van der Waals surface area contributed by atoms with E-state index in [1.54, 1.807) is 6.07 Å². The fourth-order valence-corrected chi connectivity index (χ4v) is 4.51. The molecule has 1 saturated heterocycles. The molecule has 8 nitrogen and oxygen atoms in total. The number of hydrogen-bond acceptors (Lipinski definition) is 6. The summed E-state index contributed by atoms with van der Waals surface area (Å²) in [5.41, 5.74) is 2.85. The molecule has 0 unspecified atom stereocenters. The predicted octanol–water partition coefficient (Wildman–Crippen LogP) is 5.07. The number of para-hydroxylation sites is 1. The van der Waals surface area contributed by atoms with Crippen LogP contribution in [0.1, 0.15) is 12.0 Å². The molecule has 0 aliphatic carbocycles. The number of hydrogen-bond donors (Lipinski definition) is 0. The van der Waals surface area contributed by atoms with Gasteiger partial charge >= 0.3 is 6.09 Å². The zero-order chi connectivity index (χ0) is 25.2. The first-order valence-corrected chi connectivity index (χ1v) is 12.1. The van der Waals surface area contributed by atoms with Gasteiger partial charge in [0.15, 0.2) is 17.6 Å². The Balaban J connectivity index is 1.17. The van der Waals surface area contributed by atoms with Gasteiger partial charge in [-0.3, -0.25) is 4.40 Å². The number of aromatic nitrogens is 4. The summed E-state index contributed by atoms with van der Waals surface area (Å²) in [7, 11) is 0. The maximum atomic E-state index is 15.2. The second-order valence-corrected chi connectivity index (χ2v) is 8.92. The van der Waals surface area contributed by atoms with Crippen LogP contribution in [0.5, 0.6) is 5.75 Å². The summed E-state index contributed by atoms with van der Waals surface area (Å²) in [5, 5.41) is 9.36. The Labute approximate surface area is 212 Å². The number of carbonyl (C=O) groups excluding carboxylic acids is 1. The zero-order valence-corrected chi connectivity index (χ0v) is 19.9. The van der Waals surface area contributed by atoms with Gasteiger partial charge in [0.1, 0.15) is 29.7 Å². The Hall–Kier alpha value is -4.53. The van der Waals surface area contributed by atoms with E-state index in [4.69, 9.17) is 14.5 Å². The first-order chi connectivity index (χ1) is 18.2. The van der Waals surface area contributed by atoms with E-state index in [0.717, 1.165) is 16.6 Å². The summed E-state index contributed by atoms with van der Waals surface area (Å²) < 4.78 is 28.5. The molecule has 1 aliphatic heterocycles. The normalized spacial score (nSPS) is 17.7. The molecule has 5 aromatic rings. The SMILES string of the molecule is O=C(OCc1ccccc1)N1CC[C@H](Oc2cccc3ccc(-c4nnc5ccccn45)nc23)[C@H](F)C1. The third-order valence-corrected chi connectivity index (χ3v) is 6.45. The molecule has 0 N–H and O–H groups in total. The molecule has 0 bridgehead atoms. The van der Waals surface area contributed by atoms with Crippen molar-refractivity contribution >= 4 is 22.6 Å². The molecule has 37 heavy (non-hydrogen) atoms. The van der Waals surface area contributed by atoms with Gasteiger partial charge in [-0.05, 0) is 29.8 Å². The van der Waals surface area contributed by atoms with Crippen molar-refractivity contribution in [2.45, 2.75) is 25.3 Å². The number of nitrogens with zero attached hydrogens (tertiary/aromatic N) is 5. The summed E-state index contributed by atoms with van der Waals surface area (Å²) in [4.78, 5) is 18.7. The van der Waals surface area contributed by atoms with Crippen LogP contribution in [0.2, 0.25) is 0 Å². The van der Waals surface area contributed by atoms with Crippen molar-refractivity contribution in [3.05, 3.63) is 90.6 Å². The van der Waals surface area contributed by atoms with Gasteiger partial charge in [-0.1, -0.05) is 54.6 Å². The lowest BCUT2D eigenvalue weighted by Gasteiger charge is -2.34. The number of likely N-dealkylation sites (tertiary alicyclic amines) is 1. The van der Waals surface area contributed by atoms with Crippen LogP contribution in [-0.2, 0) is 11.3 Å². The molecule has 186 valence electrons. The topological polar surface area (TPSA) is 81.8 Å². The lowest BCUT2D eigenvalue weighted by atomic mass is 10.1. The Kier molecular flexibility index (Phi) is 6.10. The number of halogens is 1. The van der Waals surface area contributed by atoms with Gasteiger partial charge in [0, 0.05) is 24.5 Å². The molecular weight excluding hydrogens is 473 g/mol. The molecule has 1 amide bonds. The van der Waals surface area contributed by atoms with E-state index in [2.05, 4.69) is 10.2 Å². The highest BCUT2D eigenvalue weighted by Gasteiger charge is 2.34. The molecule has 0 radical (unpaired) electrons. The fraction of sp³-hybridized carbons (Fsp3) is 0.214. The second-order valence-electron chi connectivity index (χ2n) is 8.92. The predicted molar refractivity (Wildman–Crippen MR) is 136 cm³/mol. The quantitative estimate of drug-likeness (QED) is 0.337. The van der Waals surface area contributed by atoms with Gasteiger partial charge in [0.2, 0.25) is 0 Å². The Morgan fingerprint density at radius 2 is 1.84 bits per heavy atom. The minimum absolute atomic E-state index is 0.0898. The van der Waals surface area contributed by atoms with Crippen molar-refractivity contribution in [3.63, 3.8) is 0 Å². The van der Waals surface area contributed by atoms with Crippen LogP contribution < -0.4 is 4.74 Å². The van der Waals surface area contributed by atoms with E-state index in [0.29, 0.717) is 35.8 Å². The van der Waals surface area contributed by atoms with E-state index >= 15 is 4.39 Å². The van der Waals surface area contributed by atoms with Crippen molar-refractivity contribution in [2.24, 2.45) is 0 Å². The first kappa shape index (κ1) is 22.9. The lowest BCUT2D eigenvalue weighted by molar-refractivity contribution is 0.0153. The van der Waals surface area contributed by atoms with Gasteiger partial charge < -0.3 is 14.4 Å². The van der Waals surface area contributed by atoms with Crippen LogP contribution in [0.15, 0.2) is 85.1 Å². The number of ether oxygens (including phenoxy) is 2. The minimum Gasteiger partial charge on any atom is -0.485 e. The van der Waals surface area contributed by atoms with Gasteiger partial charge in [0.25, 0.3) is 0 Å². The van der Waals surface area contributed by atoms with E-state index in [1.807, 2.05) is 83.4 Å². The summed E-state index contributed by atoms with van der Waals surface area (Å²) in [5.74, 6) is 1.10. The summed E-state index contributed by atoms with van der Waals surface area (Å²) in [6, 6.07) is 24.5. The number of pyridine rings is 2. The van der Waals surface area contributed by atoms with E-state index in [1.165, 1.54) is 4.90 Å². The van der Waals surface area contributed by atoms with Crippen LogP contribution in [0.4, 0.5) is 9.18 Å². The highest BCUT2D eigenvalue weighted by molar-refractivity contribution is 5.86.